The van der Waals surface area contributed by atoms with Crippen molar-refractivity contribution in [3.8, 4) is 0 Å². The Morgan fingerprint density at radius 1 is 1.10 bits per heavy atom. The van der Waals surface area contributed by atoms with Gasteiger partial charge in [-0.05, 0) is 46.1 Å². The lowest BCUT2D eigenvalue weighted by atomic mass is 10.0. The summed E-state index contributed by atoms with van der Waals surface area (Å²) in [7, 11) is 0. The Kier molecular flexibility index (Phi) is 5.16. The van der Waals surface area contributed by atoms with Crippen molar-refractivity contribution in [3.63, 3.8) is 0 Å². The van der Waals surface area contributed by atoms with Gasteiger partial charge in [-0.1, -0.05) is 35.0 Å². The quantitative estimate of drug-likeness (QED) is 0.611. The van der Waals surface area contributed by atoms with Crippen molar-refractivity contribution in [2.45, 2.75) is 19.4 Å². The Morgan fingerprint density at radius 3 is 2.50 bits per heavy atom. The average molecular weight is 405 g/mol. The molecule has 0 radical (unpaired) electrons. The summed E-state index contributed by atoms with van der Waals surface area (Å²) < 4.78 is 28.2. The molecular weight excluding hydrogens is 392 g/mol. The van der Waals surface area contributed by atoms with E-state index < -0.39 is 11.6 Å². The minimum Gasteiger partial charge on any atom is -0.376 e. The topological polar surface area (TPSA) is 12.0 Å². The lowest BCUT2D eigenvalue weighted by Crippen LogP contribution is -2.11. The third-order valence-corrected chi connectivity index (χ3v) is 4.10. The minimum atomic E-state index is -0.608. The van der Waals surface area contributed by atoms with Crippen LogP contribution in [0.25, 0.3) is 0 Å². The highest BCUT2D eigenvalue weighted by atomic mass is 79.9. The normalized spacial score (nSPS) is 12.2. The summed E-state index contributed by atoms with van der Waals surface area (Å²) in [6.45, 7) is 2.01. The van der Waals surface area contributed by atoms with E-state index in [-0.39, 0.29) is 16.2 Å². The molecule has 2 rings (SSSR count). The molecule has 0 amide bonds. The van der Waals surface area contributed by atoms with E-state index in [1.54, 1.807) is 0 Å². The first-order valence-corrected chi connectivity index (χ1v) is 7.76. The first kappa shape index (κ1) is 15.4. The lowest BCUT2D eigenvalue weighted by Gasteiger charge is -2.20. The van der Waals surface area contributed by atoms with Gasteiger partial charge in [0, 0.05) is 10.5 Å². The Balaban J connectivity index is 2.29. The zero-order chi connectivity index (χ0) is 14.7. The van der Waals surface area contributed by atoms with Crippen LogP contribution in [0.4, 0.5) is 14.5 Å². The highest BCUT2D eigenvalue weighted by Crippen LogP contribution is 2.29. The van der Waals surface area contributed by atoms with Crippen LogP contribution in [0.5, 0.6) is 0 Å². The maximum absolute atomic E-state index is 13.8. The van der Waals surface area contributed by atoms with Gasteiger partial charge in [0.1, 0.15) is 11.6 Å². The molecule has 0 aliphatic carbocycles. The smallest absolute Gasteiger partial charge is 0.149 e. The SMILES string of the molecule is CCC(Nc1cc(Br)c(F)cc1F)c1cccc(Br)c1. The third-order valence-electron chi connectivity index (χ3n) is 3.00. The molecular formula is C15H13Br2F2N. The van der Waals surface area contributed by atoms with Gasteiger partial charge in [0.05, 0.1) is 16.2 Å². The number of halogens is 4. The van der Waals surface area contributed by atoms with Crippen LogP contribution in [-0.4, -0.2) is 0 Å². The first-order valence-electron chi connectivity index (χ1n) is 6.17. The standard InChI is InChI=1S/C15H13Br2F2N/c1-2-14(9-4-3-5-10(16)6-9)20-15-7-11(17)12(18)8-13(15)19/h3-8,14,20H,2H2,1H3. The van der Waals surface area contributed by atoms with E-state index in [9.17, 15) is 8.78 Å². The summed E-state index contributed by atoms with van der Waals surface area (Å²) in [6, 6.07) is 10.1. The van der Waals surface area contributed by atoms with E-state index in [0.717, 1.165) is 22.5 Å². The fraction of sp³-hybridized carbons (Fsp3) is 0.200. The first-order chi connectivity index (χ1) is 9.51. The highest BCUT2D eigenvalue weighted by molar-refractivity contribution is 9.10. The van der Waals surface area contributed by atoms with Crippen molar-refractivity contribution in [1.82, 2.24) is 0 Å². The van der Waals surface area contributed by atoms with Crippen LogP contribution in [-0.2, 0) is 0 Å². The van der Waals surface area contributed by atoms with Gasteiger partial charge in [-0.3, -0.25) is 0 Å². The van der Waals surface area contributed by atoms with Gasteiger partial charge in [-0.25, -0.2) is 8.78 Å². The van der Waals surface area contributed by atoms with Gasteiger partial charge in [0.15, 0.2) is 0 Å². The molecule has 2 aromatic rings. The molecule has 0 bridgehead atoms. The molecule has 0 spiro atoms. The predicted molar refractivity (Wildman–Crippen MR) is 84.9 cm³/mol. The van der Waals surface area contributed by atoms with E-state index >= 15 is 0 Å². The van der Waals surface area contributed by atoms with Crippen molar-refractivity contribution >= 4 is 37.5 Å². The Bertz CT molecular complexity index is 617. The summed E-state index contributed by atoms with van der Waals surface area (Å²) in [5, 5.41) is 3.12. The maximum Gasteiger partial charge on any atom is 0.149 e. The van der Waals surface area contributed by atoms with Crippen LogP contribution in [0.1, 0.15) is 24.9 Å². The summed E-state index contributed by atoms with van der Waals surface area (Å²) in [6.07, 6.45) is 0.783. The largest absolute Gasteiger partial charge is 0.376 e. The molecule has 106 valence electrons. The summed E-state index contributed by atoms with van der Waals surface area (Å²) in [5.74, 6) is -1.21. The molecule has 0 saturated carbocycles. The lowest BCUT2D eigenvalue weighted by molar-refractivity contribution is 0.578. The second-order valence-electron chi connectivity index (χ2n) is 4.41. The second-order valence-corrected chi connectivity index (χ2v) is 6.18. The van der Waals surface area contributed by atoms with Crippen molar-refractivity contribution in [1.29, 1.82) is 0 Å². The molecule has 20 heavy (non-hydrogen) atoms. The molecule has 0 aliphatic heterocycles. The fourth-order valence-electron chi connectivity index (χ4n) is 1.97. The number of benzene rings is 2. The van der Waals surface area contributed by atoms with Gasteiger partial charge in [0.25, 0.3) is 0 Å². The molecule has 0 heterocycles. The summed E-state index contributed by atoms with van der Waals surface area (Å²) >= 11 is 6.49. The van der Waals surface area contributed by atoms with Crippen LogP contribution < -0.4 is 5.32 Å². The molecule has 1 nitrogen and oxygen atoms in total. The van der Waals surface area contributed by atoms with Crippen LogP contribution in [0, 0.1) is 11.6 Å². The molecule has 0 aromatic heterocycles. The molecule has 0 aliphatic rings. The van der Waals surface area contributed by atoms with E-state index in [1.165, 1.54) is 6.07 Å². The van der Waals surface area contributed by atoms with E-state index in [0.29, 0.717) is 0 Å². The molecule has 0 fully saturated rings. The van der Waals surface area contributed by atoms with E-state index in [1.807, 2.05) is 31.2 Å². The predicted octanol–water partition coefficient (Wildman–Crippen LogP) is 6.05. The Labute approximate surface area is 133 Å². The zero-order valence-corrected chi connectivity index (χ0v) is 13.9. The Hall–Kier alpha value is -0.940. The van der Waals surface area contributed by atoms with Gasteiger partial charge in [0.2, 0.25) is 0 Å². The maximum atomic E-state index is 13.8. The molecule has 1 atom stereocenters. The third kappa shape index (κ3) is 3.58. The van der Waals surface area contributed by atoms with Gasteiger partial charge >= 0.3 is 0 Å². The van der Waals surface area contributed by atoms with Gasteiger partial charge < -0.3 is 5.32 Å². The number of nitrogens with one attached hydrogen (secondary N) is 1. The van der Waals surface area contributed by atoms with Crippen molar-refractivity contribution in [2.75, 3.05) is 5.32 Å². The Morgan fingerprint density at radius 2 is 1.85 bits per heavy atom. The molecule has 1 unspecified atom stereocenters. The highest BCUT2D eigenvalue weighted by Gasteiger charge is 2.14. The van der Waals surface area contributed by atoms with Crippen molar-refractivity contribution < 1.29 is 8.78 Å². The molecule has 1 N–H and O–H groups in total. The fourth-order valence-corrected chi connectivity index (χ4v) is 2.73. The van der Waals surface area contributed by atoms with E-state index in [2.05, 4.69) is 37.2 Å². The average Bonchev–Trinajstić information content (AvgIpc) is 2.41. The van der Waals surface area contributed by atoms with Crippen molar-refractivity contribution in [2.24, 2.45) is 0 Å². The number of anilines is 1. The van der Waals surface area contributed by atoms with Crippen molar-refractivity contribution in [3.05, 3.63) is 62.5 Å². The minimum absolute atomic E-state index is 0.0423. The zero-order valence-electron chi connectivity index (χ0n) is 10.8. The van der Waals surface area contributed by atoms with Crippen LogP contribution in [0.3, 0.4) is 0 Å². The molecule has 2 aromatic carbocycles. The van der Waals surface area contributed by atoms with Crippen LogP contribution in [0.2, 0.25) is 0 Å². The monoisotopic (exact) mass is 403 g/mol. The molecule has 0 saturated heterocycles. The van der Waals surface area contributed by atoms with Gasteiger partial charge in [-0.15, -0.1) is 0 Å². The number of rotatable bonds is 4. The number of hydrogen-bond donors (Lipinski definition) is 1. The summed E-state index contributed by atoms with van der Waals surface area (Å²) in [5.41, 5.74) is 1.33. The summed E-state index contributed by atoms with van der Waals surface area (Å²) in [4.78, 5) is 0. The van der Waals surface area contributed by atoms with Gasteiger partial charge in [-0.2, -0.15) is 0 Å². The van der Waals surface area contributed by atoms with Crippen LogP contribution >= 0.6 is 31.9 Å². The second kappa shape index (κ2) is 6.68. The number of hydrogen-bond acceptors (Lipinski definition) is 1. The van der Waals surface area contributed by atoms with Crippen LogP contribution in [0.15, 0.2) is 45.3 Å². The molecule has 5 heteroatoms. The van der Waals surface area contributed by atoms with E-state index in [4.69, 9.17) is 0 Å².